The Hall–Kier alpha value is -5.70. The van der Waals surface area contributed by atoms with Gasteiger partial charge in [0.25, 0.3) is 5.91 Å². The van der Waals surface area contributed by atoms with Crippen molar-refractivity contribution in [3.63, 3.8) is 0 Å². The minimum absolute atomic E-state index is 0.128. The van der Waals surface area contributed by atoms with E-state index in [1.165, 1.54) is 49.0 Å². The third-order valence-corrected chi connectivity index (χ3v) is 14.2. The van der Waals surface area contributed by atoms with Crippen molar-refractivity contribution in [3.05, 3.63) is 76.0 Å². The van der Waals surface area contributed by atoms with E-state index in [1.54, 1.807) is 26.9 Å². The number of nitrogens with zero attached hydrogens (tertiary/aromatic N) is 8. The molecular formula is C44H51N11O4. The summed E-state index contributed by atoms with van der Waals surface area (Å²) in [5, 5.41) is 13.7. The van der Waals surface area contributed by atoms with E-state index < -0.39 is 11.9 Å². The Morgan fingerprint density at radius 2 is 1.76 bits per heavy atom. The third-order valence-electron chi connectivity index (χ3n) is 14.2. The maximum Gasteiger partial charge on any atom is 0.329 e. The lowest BCUT2D eigenvalue weighted by atomic mass is 9.57. The highest BCUT2D eigenvalue weighted by Crippen LogP contribution is 2.53. The van der Waals surface area contributed by atoms with Crippen LogP contribution in [0.3, 0.4) is 0 Å². The van der Waals surface area contributed by atoms with Gasteiger partial charge in [0.1, 0.15) is 6.04 Å². The molecule has 1 unspecified atom stereocenters. The molecule has 3 aromatic heterocycles. The summed E-state index contributed by atoms with van der Waals surface area (Å²) in [6.07, 6.45) is 10.1. The molecule has 306 valence electrons. The number of fused-ring (bicyclic) bond motifs is 3. The molecule has 6 aliphatic rings. The summed E-state index contributed by atoms with van der Waals surface area (Å²) in [4.78, 5) is 62.6. The van der Waals surface area contributed by atoms with Crippen molar-refractivity contribution in [1.82, 2.24) is 39.3 Å². The summed E-state index contributed by atoms with van der Waals surface area (Å²) >= 11 is 0. The molecule has 3 amide bonds. The monoisotopic (exact) mass is 797 g/mol. The van der Waals surface area contributed by atoms with Gasteiger partial charge in [0, 0.05) is 75.6 Å². The number of nitrogens with one attached hydrogen (secondary N) is 3. The Morgan fingerprint density at radius 1 is 0.949 bits per heavy atom. The summed E-state index contributed by atoms with van der Waals surface area (Å²) in [6, 6.07) is 14.5. The van der Waals surface area contributed by atoms with Crippen molar-refractivity contribution in [1.29, 1.82) is 0 Å². The van der Waals surface area contributed by atoms with Gasteiger partial charge in [-0.25, -0.2) is 14.3 Å². The number of imide groups is 1. The topological polar surface area (TPSA) is 154 Å². The van der Waals surface area contributed by atoms with Gasteiger partial charge in [0.2, 0.25) is 11.8 Å². The number of hydrogen-bond acceptors (Lipinski definition) is 10. The standard InChI is InChI=1S/C44H51N11O4/c1-45-32-19-38(49-55-37(22-46-40(32)55)42(58)47-28-6-7-28)53-17-14-31-30(4-3-5-33(31)53)27-12-15-51(16-13-27)23-26-20-44(21-26)24-52(25-44)29-8-9-34-36(18-29)50(2)43(59)54(34)35-10-11-39(56)48-41(35)57/h3-5,8-9,18-19,22,26-28,35,45H,6-7,10-17,20-21,23-25H2,1-2H3,(H,47,58)(H,48,56,57). The molecule has 3 saturated heterocycles. The van der Waals surface area contributed by atoms with Gasteiger partial charge in [-0.3, -0.25) is 28.8 Å². The third kappa shape index (κ3) is 6.10. The van der Waals surface area contributed by atoms with E-state index in [-0.39, 0.29) is 30.0 Å². The second-order valence-corrected chi connectivity index (χ2v) is 18.1. The van der Waals surface area contributed by atoms with Crippen molar-refractivity contribution in [2.45, 2.75) is 75.8 Å². The summed E-state index contributed by atoms with van der Waals surface area (Å²) < 4.78 is 4.86. The van der Waals surface area contributed by atoms with Crippen LogP contribution in [0.25, 0.3) is 16.7 Å². The van der Waals surface area contributed by atoms with Crippen LogP contribution >= 0.6 is 0 Å². The Morgan fingerprint density at radius 3 is 2.53 bits per heavy atom. The number of benzene rings is 2. The molecule has 4 aliphatic heterocycles. The fourth-order valence-corrected chi connectivity index (χ4v) is 11.1. The van der Waals surface area contributed by atoms with Crippen LogP contribution < -0.4 is 31.4 Å². The summed E-state index contributed by atoms with van der Waals surface area (Å²) in [5.74, 6) is 1.27. The van der Waals surface area contributed by atoms with Gasteiger partial charge in [-0.05, 0) is 112 Å². The zero-order valence-electron chi connectivity index (χ0n) is 33.7. The maximum atomic E-state index is 13.3. The van der Waals surface area contributed by atoms with E-state index in [0.717, 1.165) is 86.1 Å². The first kappa shape index (κ1) is 36.4. The zero-order valence-corrected chi connectivity index (χ0v) is 33.7. The molecule has 7 heterocycles. The lowest BCUT2D eigenvalue weighted by Crippen LogP contribution is -2.63. The van der Waals surface area contributed by atoms with E-state index in [1.807, 2.05) is 19.2 Å². The van der Waals surface area contributed by atoms with E-state index >= 15 is 0 Å². The Bertz CT molecular complexity index is 2600. The lowest BCUT2D eigenvalue weighted by molar-refractivity contribution is -0.135. The first-order valence-electron chi connectivity index (χ1n) is 21.4. The van der Waals surface area contributed by atoms with Crippen LogP contribution in [0, 0.1) is 11.3 Å². The van der Waals surface area contributed by atoms with Gasteiger partial charge in [-0.15, -0.1) is 5.10 Å². The average molecular weight is 798 g/mol. The second-order valence-electron chi connectivity index (χ2n) is 18.1. The smallest absolute Gasteiger partial charge is 0.329 e. The number of carbonyl (C=O) groups is 3. The first-order valence-corrected chi connectivity index (χ1v) is 21.4. The highest BCUT2D eigenvalue weighted by molar-refractivity contribution is 6.00. The van der Waals surface area contributed by atoms with Gasteiger partial charge >= 0.3 is 5.69 Å². The van der Waals surface area contributed by atoms with Crippen molar-refractivity contribution in [2.24, 2.45) is 18.4 Å². The molecule has 2 saturated carbocycles. The lowest BCUT2D eigenvalue weighted by Gasteiger charge is -2.60. The molecule has 5 fully saturated rings. The van der Waals surface area contributed by atoms with E-state index in [4.69, 9.17) is 5.10 Å². The number of aromatic nitrogens is 5. The van der Waals surface area contributed by atoms with E-state index in [2.05, 4.69) is 66.0 Å². The largest absolute Gasteiger partial charge is 0.385 e. The number of amides is 3. The minimum Gasteiger partial charge on any atom is -0.385 e. The number of anilines is 4. The summed E-state index contributed by atoms with van der Waals surface area (Å²) in [7, 11) is 3.64. The molecule has 1 atom stereocenters. The van der Waals surface area contributed by atoms with Crippen LogP contribution in [0.2, 0.25) is 0 Å². The fourth-order valence-electron chi connectivity index (χ4n) is 11.1. The zero-order chi connectivity index (χ0) is 40.2. The number of imidazole rings is 2. The number of hydrogen-bond donors (Lipinski definition) is 3. The average Bonchev–Trinajstić information content (AvgIpc) is 3.64. The molecule has 59 heavy (non-hydrogen) atoms. The molecule has 2 aliphatic carbocycles. The molecule has 0 bridgehead atoms. The van der Waals surface area contributed by atoms with Crippen LogP contribution in [0.1, 0.15) is 84.9 Å². The van der Waals surface area contributed by atoms with Crippen LogP contribution in [-0.4, -0.2) is 98.7 Å². The van der Waals surface area contributed by atoms with Gasteiger partial charge in [-0.1, -0.05) is 12.1 Å². The van der Waals surface area contributed by atoms with Crippen molar-refractivity contribution in [2.75, 3.05) is 61.4 Å². The van der Waals surface area contributed by atoms with Gasteiger partial charge in [0.15, 0.2) is 17.2 Å². The molecule has 2 aromatic carbocycles. The Balaban J connectivity index is 0.704. The molecular weight excluding hydrogens is 747 g/mol. The molecule has 3 N–H and O–H groups in total. The van der Waals surface area contributed by atoms with E-state index in [9.17, 15) is 19.2 Å². The predicted octanol–water partition coefficient (Wildman–Crippen LogP) is 4.08. The van der Waals surface area contributed by atoms with Crippen LogP contribution in [0.4, 0.5) is 22.9 Å². The quantitative estimate of drug-likeness (QED) is 0.186. The first-order chi connectivity index (χ1) is 28.6. The van der Waals surface area contributed by atoms with Crippen molar-refractivity contribution in [3.8, 4) is 0 Å². The molecule has 0 radical (unpaired) electrons. The maximum absolute atomic E-state index is 13.3. The number of rotatable bonds is 9. The molecule has 11 rings (SSSR count). The molecule has 15 nitrogen and oxygen atoms in total. The summed E-state index contributed by atoms with van der Waals surface area (Å²) in [5.41, 5.74) is 8.88. The van der Waals surface area contributed by atoms with Crippen LogP contribution in [0.5, 0.6) is 0 Å². The highest BCUT2D eigenvalue weighted by atomic mass is 16.2. The van der Waals surface area contributed by atoms with Gasteiger partial charge in [-0.2, -0.15) is 0 Å². The van der Waals surface area contributed by atoms with Crippen LogP contribution in [0.15, 0.2) is 53.5 Å². The number of aryl methyl sites for hydroxylation is 1. The van der Waals surface area contributed by atoms with Gasteiger partial charge in [0.05, 0.1) is 22.9 Å². The SMILES string of the molecule is CNc1cc(N2CCc3c(C4CCN(CC5CC6(C5)CN(c5ccc7c(c5)n(C)c(=O)n7C5CCC(=O)NC5=O)C6)CC4)cccc32)nn2c(C(=O)NC3CC3)cnc12. The molecule has 15 heteroatoms. The van der Waals surface area contributed by atoms with Gasteiger partial charge < -0.3 is 25.3 Å². The number of piperidine rings is 2. The normalized spacial score (nSPS) is 22.2. The Kier molecular flexibility index (Phi) is 8.44. The summed E-state index contributed by atoms with van der Waals surface area (Å²) in [6.45, 7) is 6.34. The number of carbonyl (C=O) groups excluding carboxylic acids is 3. The van der Waals surface area contributed by atoms with Crippen molar-refractivity contribution < 1.29 is 14.4 Å². The van der Waals surface area contributed by atoms with Crippen LogP contribution in [-0.2, 0) is 23.1 Å². The second kappa shape index (κ2) is 13.7. The molecule has 1 spiro atoms. The minimum atomic E-state index is -0.672. The number of likely N-dealkylation sites (tertiary alicyclic amines) is 1. The molecule has 5 aromatic rings. The highest BCUT2D eigenvalue weighted by Gasteiger charge is 2.52. The van der Waals surface area contributed by atoms with E-state index in [0.29, 0.717) is 29.1 Å². The fraction of sp³-hybridized carbons (Fsp3) is 0.500. The van der Waals surface area contributed by atoms with Crippen molar-refractivity contribution >= 4 is 57.3 Å². The Labute approximate surface area is 341 Å². The predicted molar refractivity (Wildman–Crippen MR) is 225 cm³/mol.